The van der Waals surface area contributed by atoms with Gasteiger partial charge in [-0.25, -0.2) is 0 Å². The Balaban J connectivity index is 1.69. The summed E-state index contributed by atoms with van der Waals surface area (Å²) in [5.74, 6) is -0.312. The molecule has 0 bridgehead atoms. The Kier molecular flexibility index (Phi) is 6.90. The van der Waals surface area contributed by atoms with Crippen molar-refractivity contribution in [2.45, 2.75) is 13.0 Å². The largest absolute Gasteiger partial charge is 0.484 e. The fraction of sp³-hybridized carbons (Fsp3) is 0.222. The summed E-state index contributed by atoms with van der Waals surface area (Å²) in [6.07, 6.45) is 0.536. The number of halogens is 2. The van der Waals surface area contributed by atoms with Gasteiger partial charge in [-0.15, -0.1) is 0 Å². The van der Waals surface area contributed by atoms with Crippen molar-refractivity contribution in [3.63, 3.8) is 0 Å². The van der Waals surface area contributed by atoms with Gasteiger partial charge in [0.1, 0.15) is 11.5 Å². The van der Waals surface area contributed by atoms with Crippen LogP contribution < -0.4 is 20.5 Å². The molecule has 0 spiro atoms. The Morgan fingerprint density at radius 2 is 1.62 bits per heavy atom. The average Bonchev–Trinajstić information content (AvgIpc) is 2.61. The van der Waals surface area contributed by atoms with Gasteiger partial charge < -0.3 is 20.5 Å². The molecule has 0 aromatic heterocycles. The zero-order valence-electron chi connectivity index (χ0n) is 13.8. The maximum atomic E-state index is 12.1. The predicted octanol–water partition coefficient (Wildman–Crippen LogP) is 2.12. The van der Waals surface area contributed by atoms with E-state index >= 15 is 0 Å². The molecule has 0 aliphatic rings. The molecule has 0 radical (unpaired) electrons. The molecule has 2 amide bonds. The molecule has 0 aliphatic heterocycles. The summed E-state index contributed by atoms with van der Waals surface area (Å²) in [5.41, 5.74) is 6.36. The van der Waals surface area contributed by atoms with Crippen molar-refractivity contribution in [1.29, 1.82) is 0 Å². The lowest BCUT2D eigenvalue weighted by Gasteiger charge is -2.08. The number of primary amides is 1. The lowest BCUT2D eigenvalue weighted by atomic mass is 10.1. The van der Waals surface area contributed by atoms with Crippen LogP contribution in [-0.2, 0) is 11.2 Å². The maximum Gasteiger partial charge on any atom is 0.387 e. The Morgan fingerprint density at radius 1 is 1.00 bits per heavy atom. The lowest BCUT2D eigenvalue weighted by molar-refractivity contribution is -0.123. The van der Waals surface area contributed by atoms with Gasteiger partial charge in [-0.2, -0.15) is 8.78 Å². The minimum absolute atomic E-state index is 0.0866. The van der Waals surface area contributed by atoms with E-state index in [1.807, 2.05) is 0 Å². The highest BCUT2D eigenvalue weighted by Gasteiger charge is 2.06. The fourth-order valence-electron chi connectivity index (χ4n) is 2.10. The van der Waals surface area contributed by atoms with Crippen LogP contribution in [0.25, 0.3) is 0 Å². The molecule has 0 heterocycles. The molecule has 0 unspecified atom stereocenters. The molecule has 2 aromatic rings. The smallest absolute Gasteiger partial charge is 0.387 e. The molecule has 26 heavy (non-hydrogen) atoms. The van der Waals surface area contributed by atoms with Crippen LogP contribution in [0.5, 0.6) is 11.5 Å². The van der Waals surface area contributed by atoms with E-state index < -0.39 is 12.5 Å². The van der Waals surface area contributed by atoms with Gasteiger partial charge in [-0.1, -0.05) is 12.1 Å². The third-order valence-electron chi connectivity index (χ3n) is 3.39. The molecule has 2 aromatic carbocycles. The Morgan fingerprint density at radius 3 is 2.19 bits per heavy atom. The summed E-state index contributed by atoms with van der Waals surface area (Å²) in [6.45, 7) is -2.65. The summed E-state index contributed by atoms with van der Waals surface area (Å²) in [7, 11) is 0. The second-order valence-electron chi connectivity index (χ2n) is 5.30. The summed E-state index contributed by atoms with van der Waals surface area (Å²) in [4.78, 5) is 22.7. The number of carbonyl (C=O) groups excluding carboxylic acids is 2. The standard InChI is InChI=1S/C18H18F2N2O4/c19-18(20)26-15-5-1-12(2-6-15)9-10-22-16(23)11-25-14-7-3-13(4-8-14)17(21)24/h1-8,18H,9-11H2,(H2,21,24)(H,22,23). The first kappa shape index (κ1) is 19.2. The molecule has 3 N–H and O–H groups in total. The van der Waals surface area contributed by atoms with Crippen molar-refractivity contribution < 1.29 is 27.8 Å². The highest BCUT2D eigenvalue weighted by molar-refractivity contribution is 5.92. The number of alkyl halides is 2. The van der Waals surface area contributed by atoms with Crippen LogP contribution >= 0.6 is 0 Å². The van der Waals surface area contributed by atoms with E-state index in [2.05, 4.69) is 10.1 Å². The predicted molar refractivity (Wildman–Crippen MR) is 90.2 cm³/mol. The van der Waals surface area contributed by atoms with E-state index in [1.165, 1.54) is 24.3 Å². The van der Waals surface area contributed by atoms with Crippen molar-refractivity contribution in [1.82, 2.24) is 5.32 Å². The second-order valence-corrected chi connectivity index (χ2v) is 5.30. The lowest BCUT2D eigenvalue weighted by Crippen LogP contribution is -2.30. The van der Waals surface area contributed by atoms with E-state index in [0.717, 1.165) is 5.56 Å². The third kappa shape index (κ3) is 6.39. The summed E-state index contributed by atoms with van der Waals surface area (Å²) >= 11 is 0. The van der Waals surface area contributed by atoms with Crippen LogP contribution in [0.4, 0.5) is 8.78 Å². The zero-order chi connectivity index (χ0) is 18.9. The van der Waals surface area contributed by atoms with Crippen molar-refractivity contribution in [2.75, 3.05) is 13.2 Å². The van der Waals surface area contributed by atoms with E-state index in [4.69, 9.17) is 10.5 Å². The van der Waals surface area contributed by atoms with E-state index in [9.17, 15) is 18.4 Å². The summed E-state index contributed by atoms with van der Waals surface area (Å²) in [5, 5.41) is 2.69. The molecule has 0 atom stereocenters. The number of nitrogens with two attached hydrogens (primary N) is 1. The SMILES string of the molecule is NC(=O)c1ccc(OCC(=O)NCCc2ccc(OC(F)F)cc2)cc1. The minimum atomic E-state index is -2.85. The number of nitrogens with one attached hydrogen (secondary N) is 1. The Hall–Kier alpha value is -3.16. The first-order valence-corrected chi connectivity index (χ1v) is 7.77. The van der Waals surface area contributed by atoms with Crippen LogP contribution in [0, 0.1) is 0 Å². The first-order valence-electron chi connectivity index (χ1n) is 7.77. The Bertz CT molecular complexity index is 734. The number of carbonyl (C=O) groups is 2. The van der Waals surface area contributed by atoms with Crippen LogP contribution in [0.3, 0.4) is 0 Å². The number of rotatable bonds is 9. The summed E-state index contributed by atoms with van der Waals surface area (Å²) in [6, 6.07) is 12.3. The molecule has 0 saturated heterocycles. The van der Waals surface area contributed by atoms with Gasteiger partial charge >= 0.3 is 6.61 Å². The molecule has 0 saturated carbocycles. The van der Waals surface area contributed by atoms with Gasteiger partial charge in [0, 0.05) is 12.1 Å². The fourth-order valence-corrected chi connectivity index (χ4v) is 2.10. The zero-order valence-corrected chi connectivity index (χ0v) is 13.8. The van der Waals surface area contributed by atoms with Crippen LogP contribution in [0.15, 0.2) is 48.5 Å². The highest BCUT2D eigenvalue weighted by atomic mass is 19.3. The van der Waals surface area contributed by atoms with Gasteiger partial charge in [-0.05, 0) is 48.4 Å². The van der Waals surface area contributed by atoms with Crippen LogP contribution in [0.2, 0.25) is 0 Å². The van der Waals surface area contributed by atoms with E-state index in [1.54, 1.807) is 24.3 Å². The van der Waals surface area contributed by atoms with Crippen LogP contribution in [-0.4, -0.2) is 31.6 Å². The second kappa shape index (κ2) is 9.36. The molecular weight excluding hydrogens is 346 g/mol. The molecule has 2 rings (SSSR count). The number of hydrogen-bond acceptors (Lipinski definition) is 4. The molecule has 8 heteroatoms. The average molecular weight is 364 g/mol. The van der Waals surface area contributed by atoms with Crippen molar-refractivity contribution >= 4 is 11.8 Å². The van der Waals surface area contributed by atoms with Crippen molar-refractivity contribution in [3.05, 3.63) is 59.7 Å². The Labute approximate surface area is 148 Å². The normalized spacial score (nSPS) is 10.4. The third-order valence-corrected chi connectivity index (χ3v) is 3.39. The van der Waals surface area contributed by atoms with Gasteiger partial charge in [-0.3, -0.25) is 9.59 Å². The van der Waals surface area contributed by atoms with Gasteiger partial charge in [0.25, 0.3) is 5.91 Å². The number of ether oxygens (including phenoxy) is 2. The van der Waals surface area contributed by atoms with E-state index in [0.29, 0.717) is 24.3 Å². The van der Waals surface area contributed by atoms with Gasteiger partial charge in [0.05, 0.1) is 0 Å². The highest BCUT2D eigenvalue weighted by Crippen LogP contribution is 2.15. The first-order chi connectivity index (χ1) is 12.4. The summed E-state index contributed by atoms with van der Waals surface area (Å²) < 4.78 is 33.7. The number of hydrogen-bond donors (Lipinski definition) is 2. The number of benzene rings is 2. The van der Waals surface area contributed by atoms with Gasteiger partial charge in [0.2, 0.25) is 5.91 Å². The topological polar surface area (TPSA) is 90.7 Å². The molecule has 138 valence electrons. The molecular formula is C18H18F2N2O4. The van der Waals surface area contributed by atoms with E-state index in [-0.39, 0.29) is 18.3 Å². The maximum absolute atomic E-state index is 12.1. The molecule has 6 nitrogen and oxygen atoms in total. The number of amides is 2. The van der Waals surface area contributed by atoms with Gasteiger partial charge in [0.15, 0.2) is 6.61 Å². The monoisotopic (exact) mass is 364 g/mol. The quantitative estimate of drug-likeness (QED) is 0.713. The molecule has 0 aliphatic carbocycles. The molecule has 0 fully saturated rings. The van der Waals surface area contributed by atoms with Crippen molar-refractivity contribution in [3.8, 4) is 11.5 Å². The minimum Gasteiger partial charge on any atom is -0.484 e. The van der Waals surface area contributed by atoms with Crippen LogP contribution in [0.1, 0.15) is 15.9 Å². The van der Waals surface area contributed by atoms with Crippen molar-refractivity contribution in [2.24, 2.45) is 5.73 Å².